The van der Waals surface area contributed by atoms with E-state index in [1.54, 1.807) is 0 Å². The van der Waals surface area contributed by atoms with Gasteiger partial charge in [0.25, 0.3) is 0 Å². The Kier molecular flexibility index (Phi) is 3.29. The van der Waals surface area contributed by atoms with Gasteiger partial charge in [-0.15, -0.1) is 0 Å². The number of aryl methyl sites for hydroxylation is 1. The number of hydrogen-bond donors (Lipinski definition) is 0. The topological polar surface area (TPSA) is 4.93 Å². The van der Waals surface area contributed by atoms with E-state index < -0.39 is 0 Å². The molecule has 0 unspecified atom stereocenters. The second-order valence-electron chi connectivity index (χ2n) is 4.68. The monoisotopic (exact) mass is 349 g/mol. The first-order chi connectivity index (χ1) is 8.81. The standard InChI is InChI=1S/C16H16IN/c1-2-3-10-18-15-7-5-4-6-13(15)14-11-12(17)8-9-16(14)18/h4-9,11H,2-3,10H2,1H3. The Morgan fingerprint density at radius 1 is 1.00 bits per heavy atom. The van der Waals surface area contributed by atoms with Gasteiger partial charge in [0, 0.05) is 31.9 Å². The fourth-order valence-corrected chi connectivity index (χ4v) is 3.07. The average Bonchev–Trinajstić information content (AvgIpc) is 2.70. The summed E-state index contributed by atoms with van der Waals surface area (Å²) in [7, 11) is 0. The van der Waals surface area contributed by atoms with E-state index >= 15 is 0 Å². The third-order valence-corrected chi connectivity index (χ3v) is 4.14. The summed E-state index contributed by atoms with van der Waals surface area (Å²) in [4.78, 5) is 0. The van der Waals surface area contributed by atoms with Crippen molar-refractivity contribution in [1.29, 1.82) is 0 Å². The molecule has 0 N–H and O–H groups in total. The predicted molar refractivity (Wildman–Crippen MR) is 87.1 cm³/mol. The minimum absolute atomic E-state index is 1.11. The first-order valence-electron chi connectivity index (χ1n) is 6.47. The quantitative estimate of drug-likeness (QED) is 0.573. The lowest BCUT2D eigenvalue weighted by molar-refractivity contribution is 0.665. The van der Waals surface area contributed by atoms with E-state index in [0.29, 0.717) is 0 Å². The highest BCUT2D eigenvalue weighted by Crippen LogP contribution is 2.30. The molecule has 0 radical (unpaired) electrons. The molecule has 0 spiro atoms. The van der Waals surface area contributed by atoms with Crippen molar-refractivity contribution >= 4 is 44.4 Å². The van der Waals surface area contributed by atoms with Gasteiger partial charge in [0.05, 0.1) is 0 Å². The lowest BCUT2D eigenvalue weighted by Crippen LogP contribution is -1.96. The maximum Gasteiger partial charge on any atom is 0.0492 e. The molecule has 1 nitrogen and oxygen atoms in total. The highest BCUT2D eigenvalue weighted by Gasteiger charge is 2.09. The SMILES string of the molecule is CCCCn1c2ccccc2c2cc(I)ccc21. The van der Waals surface area contributed by atoms with Crippen molar-refractivity contribution in [2.45, 2.75) is 26.3 Å². The fraction of sp³-hybridized carbons (Fsp3) is 0.250. The first-order valence-corrected chi connectivity index (χ1v) is 7.55. The summed E-state index contributed by atoms with van der Waals surface area (Å²) in [6.07, 6.45) is 2.47. The van der Waals surface area contributed by atoms with Crippen LogP contribution in [-0.2, 0) is 6.54 Å². The molecule has 0 amide bonds. The van der Waals surface area contributed by atoms with Crippen LogP contribution in [0.2, 0.25) is 0 Å². The van der Waals surface area contributed by atoms with Gasteiger partial charge in [0.2, 0.25) is 0 Å². The number of benzene rings is 2. The summed E-state index contributed by atoms with van der Waals surface area (Å²) in [6.45, 7) is 3.36. The zero-order valence-electron chi connectivity index (χ0n) is 10.5. The maximum absolute atomic E-state index is 2.46. The Bertz CT molecular complexity index is 697. The summed E-state index contributed by atoms with van der Waals surface area (Å²) in [6, 6.07) is 15.5. The Balaban J connectivity index is 2.34. The Hall–Kier alpha value is -1.03. The smallest absolute Gasteiger partial charge is 0.0492 e. The maximum atomic E-state index is 2.46. The van der Waals surface area contributed by atoms with Gasteiger partial charge in [0.1, 0.15) is 0 Å². The number of nitrogens with zero attached hydrogens (tertiary/aromatic N) is 1. The van der Waals surface area contributed by atoms with Gasteiger partial charge in [0.15, 0.2) is 0 Å². The van der Waals surface area contributed by atoms with Crippen molar-refractivity contribution in [3.63, 3.8) is 0 Å². The molecule has 0 saturated heterocycles. The second kappa shape index (κ2) is 4.92. The molecule has 0 aliphatic carbocycles. The second-order valence-corrected chi connectivity index (χ2v) is 5.93. The van der Waals surface area contributed by atoms with Gasteiger partial charge in [-0.3, -0.25) is 0 Å². The average molecular weight is 349 g/mol. The van der Waals surface area contributed by atoms with Crippen molar-refractivity contribution in [3.05, 3.63) is 46.0 Å². The predicted octanol–water partition coefficient (Wildman–Crippen LogP) is 5.20. The van der Waals surface area contributed by atoms with Crippen LogP contribution in [0.1, 0.15) is 19.8 Å². The minimum atomic E-state index is 1.11. The number of para-hydroxylation sites is 1. The van der Waals surface area contributed by atoms with Gasteiger partial charge >= 0.3 is 0 Å². The van der Waals surface area contributed by atoms with E-state index in [0.717, 1.165) is 6.54 Å². The molecule has 1 aromatic heterocycles. The molecule has 2 aromatic carbocycles. The Morgan fingerprint density at radius 3 is 2.61 bits per heavy atom. The van der Waals surface area contributed by atoms with E-state index in [2.05, 4.69) is 76.5 Å². The van der Waals surface area contributed by atoms with Crippen molar-refractivity contribution in [2.24, 2.45) is 0 Å². The molecule has 0 atom stereocenters. The fourth-order valence-electron chi connectivity index (χ4n) is 2.58. The molecule has 0 bridgehead atoms. The van der Waals surface area contributed by atoms with Crippen molar-refractivity contribution in [1.82, 2.24) is 4.57 Å². The number of rotatable bonds is 3. The van der Waals surface area contributed by atoms with Crippen LogP contribution in [0, 0.1) is 3.57 Å². The normalized spacial score (nSPS) is 11.4. The summed E-state index contributed by atoms with van der Waals surface area (Å²) < 4.78 is 3.77. The van der Waals surface area contributed by atoms with Crippen molar-refractivity contribution in [2.75, 3.05) is 0 Å². The molecule has 3 aromatic rings. The van der Waals surface area contributed by atoms with Gasteiger partial charge < -0.3 is 4.57 Å². The molecule has 92 valence electrons. The van der Waals surface area contributed by atoms with Crippen molar-refractivity contribution < 1.29 is 0 Å². The summed E-state index contributed by atoms with van der Waals surface area (Å²) in [5.41, 5.74) is 2.73. The lowest BCUT2D eigenvalue weighted by Gasteiger charge is -2.06. The van der Waals surface area contributed by atoms with Crippen LogP contribution in [0.5, 0.6) is 0 Å². The third kappa shape index (κ3) is 1.92. The van der Waals surface area contributed by atoms with E-state index in [4.69, 9.17) is 0 Å². The van der Waals surface area contributed by atoms with Gasteiger partial charge in [-0.25, -0.2) is 0 Å². The molecule has 0 aliphatic heterocycles. The van der Waals surface area contributed by atoms with Crippen LogP contribution >= 0.6 is 22.6 Å². The number of aromatic nitrogens is 1. The molecule has 0 saturated carbocycles. The molecule has 18 heavy (non-hydrogen) atoms. The van der Waals surface area contributed by atoms with E-state index in [9.17, 15) is 0 Å². The Labute approximate surface area is 121 Å². The van der Waals surface area contributed by atoms with Crippen LogP contribution in [0.4, 0.5) is 0 Å². The zero-order chi connectivity index (χ0) is 12.5. The lowest BCUT2D eigenvalue weighted by atomic mass is 10.2. The molecular weight excluding hydrogens is 333 g/mol. The van der Waals surface area contributed by atoms with Crippen LogP contribution in [0.3, 0.4) is 0 Å². The van der Waals surface area contributed by atoms with Gasteiger partial charge in [-0.05, 0) is 53.3 Å². The van der Waals surface area contributed by atoms with Gasteiger partial charge in [-0.2, -0.15) is 0 Å². The summed E-state index contributed by atoms with van der Waals surface area (Å²) >= 11 is 2.39. The summed E-state index contributed by atoms with van der Waals surface area (Å²) in [5, 5.41) is 2.76. The van der Waals surface area contributed by atoms with Crippen LogP contribution in [-0.4, -0.2) is 4.57 Å². The third-order valence-electron chi connectivity index (χ3n) is 3.47. The molecule has 2 heteroatoms. The molecule has 1 heterocycles. The largest absolute Gasteiger partial charge is 0.340 e. The Morgan fingerprint density at radius 2 is 1.78 bits per heavy atom. The highest BCUT2D eigenvalue weighted by molar-refractivity contribution is 14.1. The number of unbranched alkanes of at least 4 members (excludes halogenated alkanes) is 1. The van der Waals surface area contributed by atoms with Crippen LogP contribution in [0.25, 0.3) is 21.8 Å². The molecule has 0 fully saturated rings. The highest BCUT2D eigenvalue weighted by atomic mass is 127. The van der Waals surface area contributed by atoms with E-state index in [-0.39, 0.29) is 0 Å². The van der Waals surface area contributed by atoms with E-state index in [1.165, 1.54) is 38.2 Å². The molecule has 3 rings (SSSR count). The van der Waals surface area contributed by atoms with E-state index in [1.807, 2.05) is 0 Å². The first kappa shape index (κ1) is 12.0. The van der Waals surface area contributed by atoms with Crippen LogP contribution < -0.4 is 0 Å². The number of hydrogen-bond acceptors (Lipinski definition) is 0. The summed E-state index contributed by atoms with van der Waals surface area (Å²) in [5.74, 6) is 0. The minimum Gasteiger partial charge on any atom is -0.340 e. The number of halogens is 1. The number of fused-ring (bicyclic) bond motifs is 3. The molecular formula is C16H16IN. The van der Waals surface area contributed by atoms with Crippen molar-refractivity contribution in [3.8, 4) is 0 Å². The zero-order valence-corrected chi connectivity index (χ0v) is 12.6. The molecule has 0 aliphatic rings. The van der Waals surface area contributed by atoms with Gasteiger partial charge in [-0.1, -0.05) is 31.5 Å². The van der Waals surface area contributed by atoms with Crippen LogP contribution in [0.15, 0.2) is 42.5 Å².